The monoisotopic (exact) mass is 399 g/mol. The Morgan fingerprint density at radius 3 is 2.48 bits per heavy atom. The van der Waals surface area contributed by atoms with E-state index in [0.717, 1.165) is 78.2 Å². The predicted octanol–water partition coefficient (Wildman–Crippen LogP) is 1.79. The number of carbonyl (C=O) groups is 2. The first-order chi connectivity index (χ1) is 14.1. The van der Waals surface area contributed by atoms with Gasteiger partial charge in [-0.25, -0.2) is 0 Å². The lowest BCUT2D eigenvalue weighted by molar-refractivity contribution is -0.135. The van der Waals surface area contributed by atoms with Gasteiger partial charge in [-0.15, -0.1) is 0 Å². The molecule has 29 heavy (non-hydrogen) atoms. The van der Waals surface area contributed by atoms with Crippen molar-refractivity contribution in [3.05, 3.63) is 35.9 Å². The van der Waals surface area contributed by atoms with Crippen LogP contribution >= 0.6 is 0 Å². The molecule has 6 nitrogen and oxygen atoms in total. The van der Waals surface area contributed by atoms with E-state index >= 15 is 0 Å². The summed E-state index contributed by atoms with van der Waals surface area (Å²) in [6.07, 6.45) is 4.58. The van der Waals surface area contributed by atoms with Crippen LogP contribution in [-0.2, 0) is 20.7 Å². The number of carbonyl (C=O) groups excluding carboxylic acids is 2. The molecule has 0 atom stereocenters. The molecule has 1 aromatic carbocycles. The number of piperidine rings is 1. The molecule has 1 spiro atoms. The van der Waals surface area contributed by atoms with Crippen LogP contribution in [0.25, 0.3) is 0 Å². The maximum Gasteiger partial charge on any atom is 0.236 e. The number of hydrogen-bond donors (Lipinski definition) is 0. The molecule has 3 aliphatic heterocycles. The molecule has 1 aromatic rings. The minimum Gasteiger partial charge on any atom is -0.379 e. The first-order valence-corrected chi connectivity index (χ1v) is 11.0. The molecule has 2 amide bonds. The van der Waals surface area contributed by atoms with E-state index in [1.807, 2.05) is 11.0 Å². The van der Waals surface area contributed by atoms with Crippen LogP contribution in [0.15, 0.2) is 30.3 Å². The number of aryl methyl sites for hydroxylation is 1. The molecule has 0 unspecified atom stereocenters. The lowest BCUT2D eigenvalue weighted by atomic mass is 9.77. The third-order valence-electron chi connectivity index (χ3n) is 6.78. The van der Waals surface area contributed by atoms with Gasteiger partial charge in [0.1, 0.15) is 0 Å². The summed E-state index contributed by atoms with van der Waals surface area (Å²) in [5.74, 6) is 0.525. The number of amides is 2. The van der Waals surface area contributed by atoms with Gasteiger partial charge in [-0.2, -0.15) is 0 Å². The average Bonchev–Trinajstić information content (AvgIpc) is 3.04. The molecule has 0 radical (unpaired) electrons. The third kappa shape index (κ3) is 5.17. The van der Waals surface area contributed by atoms with Crippen molar-refractivity contribution < 1.29 is 14.3 Å². The van der Waals surface area contributed by atoms with Crippen LogP contribution in [0.3, 0.4) is 0 Å². The van der Waals surface area contributed by atoms with Gasteiger partial charge in [0.15, 0.2) is 0 Å². The Bertz CT molecular complexity index is 695. The maximum atomic E-state index is 12.6. The van der Waals surface area contributed by atoms with Gasteiger partial charge in [-0.3, -0.25) is 14.5 Å². The second-order valence-electron chi connectivity index (χ2n) is 8.85. The molecule has 4 rings (SSSR count). The van der Waals surface area contributed by atoms with E-state index in [9.17, 15) is 9.59 Å². The van der Waals surface area contributed by atoms with Gasteiger partial charge in [0.05, 0.1) is 19.8 Å². The summed E-state index contributed by atoms with van der Waals surface area (Å²) in [7, 11) is 0. The number of rotatable bonds is 6. The molecule has 0 saturated carbocycles. The summed E-state index contributed by atoms with van der Waals surface area (Å²) in [5, 5.41) is 0. The highest BCUT2D eigenvalue weighted by Crippen LogP contribution is 2.41. The van der Waals surface area contributed by atoms with Crippen molar-refractivity contribution in [2.45, 2.75) is 32.1 Å². The molecule has 0 aliphatic carbocycles. The van der Waals surface area contributed by atoms with Crippen molar-refractivity contribution in [3.8, 4) is 0 Å². The van der Waals surface area contributed by atoms with E-state index < -0.39 is 0 Å². The minimum absolute atomic E-state index is 0.0829. The fourth-order valence-electron chi connectivity index (χ4n) is 4.92. The van der Waals surface area contributed by atoms with Gasteiger partial charge in [0.25, 0.3) is 0 Å². The smallest absolute Gasteiger partial charge is 0.236 e. The van der Waals surface area contributed by atoms with Crippen molar-refractivity contribution in [1.82, 2.24) is 14.7 Å². The highest BCUT2D eigenvalue weighted by molar-refractivity contribution is 5.80. The van der Waals surface area contributed by atoms with Crippen molar-refractivity contribution in [1.29, 1.82) is 0 Å². The van der Waals surface area contributed by atoms with Crippen LogP contribution in [0.2, 0.25) is 0 Å². The lowest BCUT2D eigenvalue weighted by Crippen LogP contribution is -2.49. The molecule has 158 valence electrons. The Labute approximate surface area is 173 Å². The summed E-state index contributed by atoms with van der Waals surface area (Å²) < 4.78 is 5.36. The Morgan fingerprint density at radius 1 is 1.03 bits per heavy atom. The molecule has 3 saturated heterocycles. The fraction of sp³-hybridized carbons (Fsp3) is 0.652. The third-order valence-corrected chi connectivity index (χ3v) is 6.78. The standard InChI is InChI=1S/C23H33N3O3/c27-21-17-23(19-26(21)10-4-7-20-5-2-1-3-6-20)8-11-25(12-9-23)22(28)18-24-13-15-29-16-14-24/h1-3,5-6H,4,7-19H2. The molecule has 3 fully saturated rings. The van der Waals surface area contributed by atoms with E-state index in [0.29, 0.717) is 18.9 Å². The fourth-order valence-corrected chi connectivity index (χ4v) is 4.92. The van der Waals surface area contributed by atoms with Gasteiger partial charge in [-0.1, -0.05) is 30.3 Å². The Balaban J connectivity index is 1.22. The maximum absolute atomic E-state index is 12.6. The Morgan fingerprint density at radius 2 is 1.76 bits per heavy atom. The zero-order valence-electron chi connectivity index (χ0n) is 17.4. The quantitative estimate of drug-likeness (QED) is 0.732. The number of ether oxygens (including phenoxy) is 1. The largest absolute Gasteiger partial charge is 0.379 e. The van der Waals surface area contributed by atoms with Gasteiger partial charge >= 0.3 is 0 Å². The molecule has 0 bridgehead atoms. The van der Waals surface area contributed by atoms with Crippen LogP contribution in [0.4, 0.5) is 0 Å². The van der Waals surface area contributed by atoms with Crippen molar-refractivity contribution in [2.75, 3.05) is 59.0 Å². The van der Waals surface area contributed by atoms with E-state index in [1.54, 1.807) is 0 Å². The number of likely N-dealkylation sites (tertiary alicyclic amines) is 2. The highest BCUT2D eigenvalue weighted by atomic mass is 16.5. The number of hydrogen-bond acceptors (Lipinski definition) is 4. The average molecular weight is 400 g/mol. The van der Waals surface area contributed by atoms with Gasteiger partial charge in [0.2, 0.25) is 11.8 Å². The topological polar surface area (TPSA) is 53.1 Å². The Kier molecular flexibility index (Phi) is 6.50. The van der Waals surface area contributed by atoms with E-state index in [2.05, 4.69) is 34.1 Å². The summed E-state index contributed by atoms with van der Waals surface area (Å²) in [5.41, 5.74) is 1.42. The van der Waals surface area contributed by atoms with E-state index in [-0.39, 0.29) is 11.3 Å². The molecule has 6 heteroatoms. The minimum atomic E-state index is 0.0829. The summed E-state index contributed by atoms with van der Waals surface area (Å²) >= 11 is 0. The van der Waals surface area contributed by atoms with Crippen LogP contribution in [0.1, 0.15) is 31.2 Å². The summed E-state index contributed by atoms with van der Waals surface area (Å²) in [6.45, 7) is 6.91. The SMILES string of the molecule is O=C(CN1CCOCC1)N1CCC2(CC1)CC(=O)N(CCCc1ccccc1)C2. The molecule has 0 N–H and O–H groups in total. The zero-order chi connectivity index (χ0) is 20.1. The van der Waals surface area contributed by atoms with Crippen LogP contribution in [0.5, 0.6) is 0 Å². The van der Waals surface area contributed by atoms with Crippen LogP contribution < -0.4 is 0 Å². The van der Waals surface area contributed by atoms with Gasteiger partial charge in [0, 0.05) is 51.1 Å². The second-order valence-corrected chi connectivity index (χ2v) is 8.85. The normalized spacial score (nSPS) is 22.4. The van der Waals surface area contributed by atoms with Crippen LogP contribution in [-0.4, -0.2) is 85.5 Å². The van der Waals surface area contributed by atoms with Crippen molar-refractivity contribution >= 4 is 11.8 Å². The summed E-state index contributed by atoms with van der Waals surface area (Å²) in [6, 6.07) is 10.5. The van der Waals surface area contributed by atoms with Crippen LogP contribution in [0, 0.1) is 5.41 Å². The van der Waals surface area contributed by atoms with E-state index in [4.69, 9.17) is 4.74 Å². The predicted molar refractivity (Wildman–Crippen MR) is 111 cm³/mol. The van der Waals surface area contributed by atoms with Crippen molar-refractivity contribution in [2.24, 2.45) is 5.41 Å². The van der Waals surface area contributed by atoms with Gasteiger partial charge in [-0.05, 0) is 31.2 Å². The first kappa shape index (κ1) is 20.4. The molecule has 3 heterocycles. The number of nitrogens with zero attached hydrogens (tertiary/aromatic N) is 3. The molecular formula is C23H33N3O3. The summed E-state index contributed by atoms with van der Waals surface area (Å²) in [4.78, 5) is 31.5. The Hall–Kier alpha value is -1.92. The van der Waals surface area contributed by atoms with Crippen molar-refractivity contribution in [3.63, 3.8) is 0 Å². The highest BCUT2D eigenvalue weighted by Gasteiger charge is 2.45. The second kappa shape index (κ2) is 9.26. The first-order valence-electron chi connectivity index (χ1n) is 11.0. The number of morpholine rings is 1. The molecule has 0 aromatic heterocycles. The van der Waals surface area contributed by atoms with E-state index in [1.165, 1.54) is 5.56 Å². The zero-order valence-corrected chi connectivity index (χ0v) is 17.4. The van der Waals surface area contributed by atoms with Gasteiger partial charge < -0.3 is 14.5 Å². The number of benzene rings is 1. The molecule has 3 aliphatic rings. The lowest BCUT2D eigenvalue weighted by Gasteiger charge is -2.39. The molecular weight excluding hydrogens is 366 g/mol.